The Morgan fingerprint density at radius 1 is 0.711 bits per heavy atom. The number of sulfonamides is 2. The number of fused-ring (bicyclic) bond motifs is 1. The molecule has 0 unspecified atom stereocenters. The maximum atomic E-state index is 13.1. The van der Waals surface area contributed by atoms with E-state index in [9.17, 15) is 16.8 Å². The quantitative estimate of drug-likeness (QED) is 0.217. The molecule has 0 fully saturated rings. The van der Waals surface area contributed by atoms with Crippen LogP contribution < -0.4 is 14.2 Å². The van der Waals surface area contributed by atoms with Crippen molar-refractivity contribution >= 4 is 54.0 Å². The smallest absolute Gasteiger partial charge is 0.295 e. The zero-order valence-corrected chi connectivity index (χ0v) is 22.1. The summed E-state index contributed by atoms with van der Waals surface area (Å²) in [6, 6.07) is 27.8. The fourth-order valence-corrected chi connectivity index (χ4v) is 5.92. The second-order valence-corrected chi connectivity index (χ2v) is 12.0. The zero-order valence-electron chi connectivity index (χ0n) is 19.7. The third-order valence-electron chi connectivity index (χ3n) is 5.52. The molecule has 0 saturated heterocycles. The minimum atomic E-state index is -4.19. The molecule has 38 heavy (non-hydrogen) atoms. The Morgan fingerprint density at radius 3 is 2.13 bits per heavy atom. The van der Waals surface area contributed by atoms with E-state index in [2.05, 4.69) is 9.44 Å². The first kappa shape index (κ1) is 25.7. The number of hydrogen-bond acceptors (Lipinski definition) is 6. The van der Waals surface area contributed by atoms with Gasteiger partial charge >= 0.3 is 0 Å². The van der Waals surface area contributed by atoms with E-state index in [-0.39, 0.29) is 33.0 Å². The van der Waals surface area contributed by atoms with Crippen LogP contribution in [0.15, 0.2) is 118 Å². The molecule has 11 heteroatoms. The lowest BCUT2D eigenvalue weighted by Gasteiger charge is -2.14. The van der Waals surface area contributed by atoms with E-state index in [0.29, 0.717) is 16.7 Å². The summed E-state index contributed by atoms with van der Waals surface area (Å²) in [6.45, 7) is 0.267. The predicted octanol–water partition coefficient (Wildman–Crippen LogP) is 6.27. The molecular weight excluding hydrogens is 548 g/mol. The largest absolute Gasteiger partial charge is 0.489 e. The lowest BCUT2D eigenvalue weighted by Crippen LogP contribution is -2.17. The average molecular weight is 569 g/mol. The van der Waals surface area contributed by atoms with E-state index in [0.717, 1.165) is 5.56 Å². The lowest BCUT2D eigenvalue weighted by molar-refractivity contribution is 0.306. The van der Waals surface area contributed by atoms with E-state index in [1.165, 1.54) is 36.4 Å². The molecule has 1 heterocycles. The molecule has 2 N–H and O–H groups in total. The van der Waals surface area contributed by atoms with Gasteiger partial charge in [-0.2, -0.15) is 8.42 Å². The number of anilines is 2. The second-order valence-electron chi connectivity index (χ2n) is 8.25. The zero-order chi connectivity index (χ0) is 26.8. The number of furan rings is 1. The molecule has 0 spiro atoms. The molecule has 0 aliphatic rings. The SMILES string of the molecule is O=S(=O)(Nc1ccc(Cl)cc1NS(=O)(=O)c1cc2ccccc2o1)c1ccc(COc2ccccc2)cc1. The number of nitrogens with one attached hydrogen (secondary N) is 2. The van der Waals surface area contributed by atoms with Gasteiger partial charge in [0.15, 0.2) is 0 Å². The average Bonchev–Trinajstić information content (AvgIpc) is 3.35. The van der Waals surface area contributed by atoms with E-state index < -0.39 is 20.0 Å². The maximum absolute atomic E-state index is 13.1. The fourth-order valence-electron chi connectivity index (χ4n) is 3.63. The molecule has 1 aromatic heterocycles. The van der Waals surface area contributed by atoms with Gasteiger partial charge in [-0.1, -0.05) is 60.1 Å². The van der Waals surface area contributed by atoms with Crippen molar-refractivity contribution in [1.82, 2.24) is 0 Å². The first-order valence-electron chi connectivity index (χ1n) is 11.3. The summed E-state index contributed by atoms with van der Waals surface area (Å²) in [4.78, 5) is -0.0120. The van der Waals surface area contributed by atoms with Crippen LogP contribution in [0.4, 0.5) is 11.4 Å². The minimum Gasteiger partial charge on any atom is -0.489 e. The van der Waals surface area contributed by atoms with Crippen molar-refractivity contribution in [3.8, 4) is 5.75 Å². The summed E-state index contributed by atoms with van der Waals surface area (Å²) in [5.74, 6) is 0.700. The predicted molar refractivity (Wildman–Crippen MR) is 146 cm³/mol. The summed E-state index contributed by atoms with van der Waals surface area (Å²) in [7, 11) is -8.26. The third-order valence-corrected chi connectivity index (χ3v) is 8.36. The molecule has 0 atom stereocenters. The number of ether oxygens (including phenoxy) is 1. The molecule has 4 aromatic carbocycles. The van der Waals surface area contributed by atoms with Crippen LogP contribution in [0.1, 0.15) is 5.56 Å². The maximum Gasteiger partial charge on any atom is 0.295 e. The molecule has 194 valence electrons. The minimum absolute atomic E-state index is 0.00873. The molecule has 0 amide bonds. The van der Waals surface area contributed by atoms with Crippen molar-refractivity contribution in [2.45, 2.75) is 16.6 Å². The highest BCUT2D eigenvalue weighted by Gasteiger charge is 2.23. The second kappa shape index (κ2) is 10.4. The Kier molecular flexibility index (Phi) is 7.02. The first-order chi connectivity index (χ1) is 18.2. The Bertz CT molecular complexity index is 1770. The van der Waals surface area contributed by atoms with Gasteiger partial charge in [-0.3, -0.25) is 9.44 Å². The summed E-state index contributed by atoms with van der Waals surface area (Å²) in [5.41, 5.74) is 1.11. The number of rotatable bonds is 9. The van der Waals surface area contributed by atoms with Gasteiger partial charge in [0.2, 0.25) is 5.09 Å². The summed E-state index contributed by atoms with van der Waals surface area (Å²) in [6.07, 6.45) is 0. The van der Waals surface area contributed by atoms with Crippen molar-refractivity contribution in [2.24, 2.45) is 0 Å². The number of hydrogen-bond donors (Lipinski definition) is 2. The number of benzene rings is 4. The van der Waals surface area contributed by atoms with Gasteiger partial charge in [0.05, 0.1) is 16.3 Å². The first-order valence-corrected chi connectivity index (χ1v) is 14.6. The summed E-state index contributed by atoms with van der Waals surface area (Å²) >= 11 is 6.09. The van der Waals surface area contributed by atoms with Gasteiger partial charge < -0.3 is 9.15 Å². The molecule has 0 bridgehead atoms. The van der Waals surface area contributed by atoms with Crippen LogP contribution in [0.5, 0.6) is 5.75 Å². The Labute approximate surface area is 224 Å². The molecule has 0 saturated carbocycles. The van der Waals surface area contributed by atoms with Crippen LogP contribution in [0.3, 0.4) is 0 Å². The number of halogens is 1. The Balaban J connectivity index is 1.35. The monoisotopic (exact) mass is 568 g/mol. The van der Waals surface area contributed by atoms with E-state index in [1.54, 1.807) is 36.4 Å². The van der Waals surface area contributed by atoms with Crippen molar-refractivity contribution in [2.75, 3.05) is 9.44 Å². The van der Waals surface area contributed by atoms with Crippen molar-refractivity contribution in [1.29, 1.82) is 0 Å². The van der Waals surface area contributed by atoms with Crippen LogP contribution >= 0.6 is 11.6 Å². The molecule has 0 aliphatic carbocycles. The standard InChI is InChI=1S/C27H21ClN2O6S2/c28-21-12-15-24(25(17-21)30-38(33,34)27-16-20-6-4-5-9-26(20)36-27)29-37(31,32)23-13-10-19(11-14-23)18-35-22-7-2-1-3-8-22/h1-17,29-30H,18H2. The van der Waals surface area contributed by atoms with Gasteiger partial charge in [0, 0.05) is 16.5 Å². The number of para-hydroxylation sites is 2. The van der Waals surface area contributed by atoms with E-state index >= 15 is 0 Å². The molecule has 5 rings (SSSR count). The lowest BCUT2D eigenvalue weighted by atomic mass is 10.2. The van der Waals surface area contributed by atoms with Crippen LogP contribution in [0, 0.1) is 0 Å². The summed E-state index contributed by atoms with van der Waals surface area (Å²) in [5, 5.41) is 0.497. The Hall–Kier alpha value is -3.99. The van der Waals surface area contributed by atoms with Crippen molar-refractivity contribution < 1.29 is 26.0 Å². The van der Waals surface area contributed by atoms with Gasteiger partial charge in [0.25, 0.3) is 20.0 Å². The third kappa shape index (κ3) is 5.77. The molecule has 5 aromatic rings. The Morgan fingerprint density at radius 2 is 1.39 bits per heavy atom. The van der Waals surface area contributed by atoms with E-state index in [1.807, 2.05) is 30.3 Å². The van der Waals surface area contributed by atoms with Crippen LogP contribution in [0.25, 0.3) is 11.0 Å². The van der Waals surface area contributed by atoms with Crippen molar-refractivity contribution in [3.63, 3.8) is 0 Å². The highest BCUT2D eigenvalue weighted by molar-refractivity contribution is 7.93. The van der Waals surface area contributed by atoms with Gasteiger partial charge in [-0.15, -0.1) is 0 Å². The molecular formula is C27H21ClN2O6S2. The van der Waals surface area contributed by atoms with Crippen LogP contribution in [-0.4, -0.2) is 16.8 Å². The van der Waals surface area contributed by atoms with Crippen LogP contribution in [-0.2, 0) is 26.7 Å². The summed E-state index contributed by atoms with van der Waals surface area (Å²) < 4.78 is 68.3. The van der Waals surface area contributed by atoms with Crippen molar-refractivity contribution in [3.05, 3.63) is 114 Å². The molecule has 0 aliphatic heterocycles. The van der Waals surface area contributed by atoms with Gasteiger partial charge in [-0.05, 0) is 54.1 Å². The normalized spacial score (nSPS) is 11.8. The highest BCUT2D eigenvalue weighted by Crippen LogP contribution is 2.31. The van der Waals surface area contributed by atoms with E-state index in [4.69, 9.17) is 20.8 Å². The molecule has 8 nitrogen and oxygen atoms in total. The topological polar surface area (TPSA) is 115 Å². The van der Waals surface area contributed by atoms with Gasteiger partial charge in [-0.25, -0.2) is 8.42 Å². The van der Waals surface area contributed by atoms with Gasteiger partial charge in [0.1, 0.15) is 17.9 Å². The van der Waals surface area contributed by atoms with Crippen LogP contribution in [0.2, 0.25) is 5.02 Å². The molecule has 0 radical (unpaired) electrons. The fraction of sp³-hybridized carbons (Fsp3) is 0.0370. The highest BCUT2D eigenvalue weighted by atomic mass is 35.5.